The Labute approximate surface area is 103 Å². The third-order valence-corrected chi connectivity index (χ3v) is 2.59. The monoisotopic (exact) mass is 241 g/mol. The number of carboxylic acid groups (broad SMARTS) is 1. The molecule has 0 saturated carbocycles. The molecule has 0 saturated heterocycles. The summed E-state index contributed by atoms with van der Waals surface area (Å²) in [5.41, 5.74) is -0.600. The van der Waals surface area contributed by atoms with Crippen molar-refractivity contribution in [1.82, 2.24) is 4.90 Å². The van der Waals surface area contributed by atoms with E-state index >= 15 is 0 Å². The molecule has 1 N–H and O–H groups in total. The lowest BCUT2D eigenvalue weighted by Crippen LogP contribution is -2.47. The molecule has 0 bridgehead atoms. The van der Waals surface area contributed by atoms with Crippen LogP contribution in [0.4, 0.5) is 0 Å². The molecular formula is C13H23NO3. The Balaban J connectivity index is 5.19. The van der Waals surface area contributed by atoms with E-state index in [4.69, 9.17) is 0 Å². The molecule has 0 fully saturated rings. The van der Waals surface area contributed by atoms with Gasteiger partial charge in [-0.3, -0.25) is 9.59 Å². The number of hydrogen-bond donors (Lipinski definition) is 1. The molecule has 0 heterocycles. The van der Waals surface area contributed by atoms with Gasteiger partial charge in [-0.15, -0.1) is 6.58 Å². The summed E-state index contributed by atoms with van der Waals surface area (Å²) in [6.07, 6.45) is 1.61. The molecule has 4 nitrogen and oxygen atoms in total. The van der Waals surface area contributed by atoms with Crippen LogP contribution in [0.25, 0.3) is 0 Å². The van der Waals surface area contributed by atoms with Crippen molar-refractivity contribution in [2.45, 2.75) is 40.7 Å². The third kappa shape index (κ3) is 4.21. The minimum Gasteiger partial charge on any atom is -0.481 e. The standard InChI is InChI=1S/C13H23NO3/c1-7-8-14(9(2)3)11(15)10(12(16)17)13(4,5)6/h7,9-10H,1,8H2,2-6H3,(H,16,17). The fourth-order valence-corrected chi connectivity index (χ4v) is 1.71. The topological polar surface area (TPSA) is 57.6 Å². The average Bonchev–Trinajstić information content (AvgIpc) is 2.09. The first-order valence-electron chi connectivity index (χ1n) is 5.77. The minimum atomic E-state index is -1.07. The summed E-state index contributed by atoms with van der Waals surface area (Å²) >= 11 is 0. The number of carbonyl (C=O) groups excluding carboxylic acids is 1. The smallest absolute Gasteiger partial charge is 0.316 e. The Morgan fingerprint density at radius 3 is 2.06 bits per heavy atom. The lowest BCUT2D eigenvalue weighted by molar-refractivity contribution is -0.156. The molecule has 98 valence electrons. The summed E-state index contributed by atoms with van der Waals surface area (Å²) in [5.74, 6) is -2.44. The van der Waals surface area contributed by atoms with Gasteiger partial charge in [0.1, 0.15) is 5.92 Å². The zero-order chi connectivity index (χ0) is 13.8. The molecule has 0 aromatic heterocycles. The van der Waals surface area contributed by atoms with Crippen LogP contribution in [0, 0.1) is 11.3 Å². The van der Waals surface area contributed by atoms with Crippen LogP contribution in [-0.2, 0) is 9.59 Å². The zero-order valence-electron chi connectivity index (χ0n) is 11.4. The van der Waals surface area contributed by atoms with Crippen LogP contribution in [0.15, 0.2) is 12.7 Å². The van der Waals surface area contributed by atoms with Crippen LogP contribution < -0.4 is 0 Å². The highest BCUT2D eigenvalue weighted by molar-refractivity contribution is 5.97. The number of nitrogens with zero attached hydrogens (tertiary/aromatic N) is 1. The van der Waals surface area contributed by atoms with Crippen molar-refractivity contribution in [2.75, 3.05) is 6.54 Å². The predicted octanol–water partition coefficient (Wildman–Crippen LogP) is 2.16. The van der Waals surface area contributed by atoms with Gasteiger partial charge < -0.3 is 10.0 Å². The lowest BCUT2D eigenvalue weighted by Gasteiger charge is -2.33. The second kappa shape index (κ2) is 5.84. The Kier molecular flexibility index (Phi) is 5.39. The molecule has 1 amide bonds. The predicted molar refractivity (Wildman–Crippen MR) is 67.6 cm³/mol. The molecule has 0 rings (SSSR count). The van der Waals surface area contributed by atoms with Crippen LogP contribution in [0.5, 0.6) is 0 Å². The fraction of sp³-hybridized carbons (Fsp3) is 0.692. The molecule has 17 heavy (non-hydrogen) atoms. The maximum absolute atomic E-state index is 12.3. The summed E-state index contributed by atoms with van der Waals surface area (Å²) in [7, 11) is 0. The quantitative estimate of drug-likeness (QED) is 0.592. The Morgan fingerprint density at radius 2 is 1.82 bits per heavy atom. The number of hydrogen-bond acceptors (Lipinski definition) is 2. The van der Waals surface area contributed by atoms with Gasteiger partial charge in [-0.25, -0.2) is 0 Å². The van der Waals surface area contributed by atoms with Crippen molar-refractivity contribution < 1.29 is 14.7 Å². The Bertz CT molecular complexity index is 302. The van der Waals surface area contributed by atoms with Gasteiger partial charge in [0.2, 0.25) is 5.91 Å². The minimum absolute atomic E-state index is 0.0373. The fourth-order valence-electron chi connectivity index (χ4n) is 1.71. The summed E-state index contributed by atoms with van der Waals surface area (Å²) < 4.78 is 0. The molecule has 0 aliphatic rings. The SMILES string of the molecule is C=CCN(C(=O)C(C(=O)O)C(C)(C)C)C(C)C. The first-order chi connectivity index (χ1) is 7.62. The van der Waals surface area contributed by atoms with Crippen LogP contribution in [0.1, 0.15) is 34.6 Å². The maximum Gasteiger partial charge on any atom is 0.316 e. The van der Waals surface area contributed by atoms with Crippen LogP contribution in [0.2, 0.25) is 0 Å². The first-order valence-corrected chi connectivity index (χ1v) is 5.77. The van der Waals surface area contributed by atoms with E-state index in [1.54, 1.807) is 26.8 Å². The molecule has 0 aromatic carbocycles. The van der Waals surface area contributed by atoms with Gasteiger partial charge in [0.25, 0.3) is 0 Å². The number of rotatable bonds is 5. The van der Waals surface area contributed by atoms with E-state index in [1.807, 2.05) is 13.8 Å². The number of carboxylic acids is 1. The summed E-state index contributed by atoms with van der Waals surface area (Å²) in [6, 6.07) is -0.0373. The van der Waals surface area contributed by atoms with Gasteiger partial charge in [-0.2, -0.15) is 0 Å². The van der Waals surface area contributed by atoms with Crippen molar-refractivity contribution >= 4 is 11.9 Å². The largest absolute Gasteiger partial charge is 0.481 e. The molecule has 0 aliphatic carbocycles. The van der Waals surface area contributed by atoms with E-state index in [0.717, 1.165) is 0 Å². The van der Waals surface area contributed by atoms with Crippen molar-refractivity contribution in [3.63, 3.8) is 0 Å². The molecule has 0 radical (unpaired) electrons. The lowest BCUT2D eigenvalue weighted by atomic mass is 9.79. The number of aliphatic carboxylic acids is 1. The highest BCUT2D eigenvalue weighted by Gasteiger charge is 2.40. The summed E-state index contributed by atoms with van der Waals surface area (Å²) in [5, 5.41) is 9.20. The van der Waals surface area contributed by atoms with Crippen molar-refractivity contribution in [1.29, 1.82) is 0 Å². The second-order valence-electron chi connectivity index (χ2n) is 5.51. The van der Waals surface area contributed by atoms with E-state index in [1.165, 1.54) is 4.90 Å². The number of carbonyl (C=O) groups is 2. The molecule has 0 aromatic rings. The highest BCUT2D eigenvalue weighted by Crippen LogP contribution is 2.28. The molecule has 4 heteroatoms. The Morgan fingerprint density at radius 1 is 1.35 bits per heavy atom. The molecule has 1 unspecified atom stereocenters. The van der Waals surface area contributed by atoms with Crippen LogP contribution in [-0.4, -0.2) is 34.5 Å². The second-order valence-corrected chi connectivity index (χ2v) is 5.51. The first kappa shape index (κ1) is 15.7. The third-order valence-electron chi connectivity index (χ3n) is 2.59. The highest BCUT2D eigenvalue weighted by atomic mass is 16.4. The molecular weight excluding hydrogens is 218 g/mol. The van der Waals surface area contributed by atoms with Crippen LogP contribution in [0.3, 0.4) is 0 Å². The van der Waals surface area contributed by atoms with Gasteiger partial charge in [-0.05, 0) is 19.3 Å². The van der Waals surface area contributed by atoms with Crippen molar-refractivity contribution in [3.05, 3.63) is 12.7 Å². The molecule has 0 aliphatic heterocycles. The van der Waals surface area contributed by atoms with E-state index in [2.05, 4.69) is 6.58 Å². The van der Waals surface area contributed by atoms with E-state index < -0.39 is 17.3 Å². The molecule has 0 spiro atoms. The van der Waals surface area contributed by atoms with Crippen molar-refractivity contribution in [3.8, 4) is 0 Å². The Hall–Kier alpha value is -1.32. The number of amides is 1. The summed E-state index contributed by atoms with van der Waals surface area (Å²) in [4.78, 5) is 25.0. The van der Waals surface area contributed by atoms with Gasteiger partial charge in [0.05, 0.1) is 0 Å². The van der Waals surface area contributed by atoms with Crippen molar-refractivity contribution in [2.24, 2.45) is 11.3 Å². The normalized spacial score (nSPS) is 13.3. The van der Waals surface area contributed by atoms with Gasteiger partial charge in [-0.1, -0.05) is 26.8 Å². The van der Waals surface area contributed by atoms with Gasteiger partial charge in [0, 0.05) is 12.6 Å². The van der Waals surface area contributed by atoms with Gasteiger partial charge >= 0.3 is 5.97 Å². The van der Waals surface area contributed by atoms with Gasteiger partial charge in [0.15, 0.2) is 0 Å². The van der Waals surface area contributed by atoms with E-state index in [-0.39, 0.29) is 11.9 Å². The van der Waals surface area contributed by atoms with Crippen LogP contribution >= 0.6 is 0 Å². The molecule has 1 atom stereocenters. The van der Waals surface area contributed by atoms with E-state index in [9.17, 15) is 14.7 Å². The zero-order valence-corrected chi connectivity index (χ0v) is 11.4. The average molecular weight is 241 g/mol. The maximum atomic E-state index is 12.3. The summed E-state index contributed by atoms with van der Waals surface area (Å²) in [6.45, 7) is 13.0. The van der Waals surface area contributed by atoms with E-state index in [0.29, 0.717) is 6.54 Å².